The molecule has 1 aromatic rings. The molecular formula is C15H25NO3. The van der Waals surface area contributed by atoms with Gasteiger partial charge in [-0.05, 0) is 44.5 Å². The van der Waals surface area contributed by atoms with Gasteiger partial charge in [0.05, 0.1) is 19.3 Å². The van der Waals surface area contributed by atoms with E-state index in [1.165, 1.54) is 0 Å². The zero-order valence-electron chi connectivity index (χ0n) is 12.1. The normalized spacial score (nSPS) is 12.2. The number of benzene rings is 1. The highest BCUT2D eigenvalue weighted by molar-refractivity contribution is 5.43. The van der Waals surface area contributed by atoms with Gasteiger partial charge in [0, 0.05) is 6.54 Å². The van der Waals surface area contributed by atoms with Crippen LogP contribution >= 0.6 is 0 Å². The average Bonchev–Trinajstić information content (AvgIpc) is 2.41. The molecule has 2 N–H and O–H groups in total. The van der Waals surface area contributed by atoms with Crippen molar-refractivity contribution in [2.75, 3.05) is 26.3 Å². The van der Waals surface area contributed by atoms with Gasteiger partial charge in [0.2, 0.25) is 0 Å². The largest absolute Gasteiger partial charge is 0.490 e. The van der Waals surface area contributed by atoms with Gasteiger partial charge in [-0.15, -0.1) is 0 Å². The van der Waals surface area contributed by atoms with Crippen molar-refractivity contribution in [3.05, 3.63) is 23.8 Å². The summed E-state index contributed by atoms with van der Waals surface area (Å²) in [5.74, 6) is 1.42. The predicted molar refractivity (Wildman–Crippen MR) is 76.9 cm³/mol. The number of hydrogen-bond acceptors (Lipinski definition) is 4. The maximum absolute atomic E-state index is 10.1. The van der Waals surface area contributed by atoms with Crippen molar-refractivity contribution in [2.45, 2.75) is 33.3 Å². The SMILES string of the molecule is CCCNCC(O)c1ccc(OCC)c(OCC)c1. The second-order valence-corrected chi connectivity index (χ2v) is 4.29. The first-order valence-electron chi connectivity index (χ1n) is 7.01. The van der Waals surface area contributed by atoms with Crippen LogP contribution in [0.5, 0.6) is 11.5 Å². The van der Waals surface area contributed by atoms with Crippen LogP contribution in [0.15, 0.2) is 18.2 Å². The molecule has 0 aromatic heterocycles. The quantitative estimate of drug-likeness (QED) is 0.675. The van der Waals surface area contributed by atoms with Crippen LogP contribution in [-0.4, -0.2) is 31.4 Å². The van der Waals surface area contributed by atoms with E-state index in [-0.39, 0.29) is 0 Å². The molecule has 108 valence electrons. The summed E-state index contributed by atoms with van der Waals surface area (Å²) in [6.07, 6.45) is 0.529. The summed E-state index contributed by atoms with van der Waals surface area (Å²) >= 11 is 0. The Balaban J connectivity index is 2.75. The average molecular weight is 267 g/mol. The minimum Gasteiger partial charge on any atom is -0.490 e. The number of ether oxygens (including phenoxy) is 2. The van der Waals surface area contributed by atoms with E-state index in [2.05, 4.69) is 12.2 Å². The van der Waals surface area contributed by atoms with Crippen molar-refractivity contribution in [1.82, 2.24) is 5.32 Å². The van der Waals surface area contributed by atoms with Gasteiger partial charge in [-0.25, -0.2) is 0 Å². The van der Waals surface area contributed by atoms with E-state index in [0.29, 0.717) is 25.5 Å². The van der Waals surface area contributed by atoms with Gasteiger partial charge in [0.15, 0.2) is 11.5 Å². The number of nitrogens with one attached hydrogen (secondary N) is 1. The summed E-state index contributed by atoms with van der Waals surface area (Å²) in [6, 6.07) is 5.59. The van der Waals surface area contributed by atoms with Gasteiger partial charge in [-0.2, -0.15) is 0 Å². The predicted octanol–water partition coefficient (Wildman–Crippen LogP) is 2.52. The highest BCUT2D eigenvalue weighted by Crippen LogP contribution is 2.30. The lowest BCUT2D eigenvalue weighted by molar-refractivity contribution is 0.174. The second-order valence-electron chi connectivity index (χ2n) is 4.29. The minimum atomic E-state index is -0.526. The molecule has 1 aromatic carbocycles. The zero-order chi connectivity index (χ0) is 14.1. The van der Waals surface area contributed by atoms with Gasteiger partial charge in [-0.3, -0.25) is 0 Å². The Morgan fingerprint density at radius 3 is 2.42 bits per heavy atom. The third-order valence-corrected chi connectivity index (χ3v) is 2.72. The third kappa shape index (κ3) is 5.09. The molecule has 0 saturated heterocycles. The first-order valence-corrected chi connectivity index (χ1v) is 7.01. The Hall–Kier alpha value is -1.26. The maximum Gasteiger partial charge on any atom is 0.161 e. The lowest BCUT2D eigenvalue weighted by Crippen LogP contribution is -2.22. The molecular weight excluding hydrogens is 242 g/mol. The summed E-state index contributed by atoms with van der Waals surface area (Å²) in [7, 11) is 0. The molecule has 1 unspecified atom stereocenters. The van der Waals surface area contributed by atoms with Crippen molar-refractivity contribution < 1.29 is 14.6 Å². The number of hydrogen-bond donors (Lipinski definition) is 2. The van der Waals surface area contributed by atoms with E-state index in [0.717, 1.165) is 24.3 Å². The summed E-state index contributed by atoms with van der Waals surface area (Å²) in [6.45, 7) is 8.60. The van der Waals surface area contributed by atoms with E-state index in [4.69, 9.17) is 9.47 Å². The van der Waals surface area contributed by atoms with Gasteiger partial charge in [-0.1, -0.05) is 13.0 Å². The summed E-state index contributed by atoms with van der Waals surface area (Å²) in [5, 5.41) is 13.3. The molecule has 1 atom stereocenters. The topological polar surface area (TPSA) is 50.7 Å². The molecule has 0 amide bonds. The van der Waals surface area contributed by atoms with Crippen LogP contribution in [0.4, 0.5) is 0 Å². The number of aliphatic hydroxyl groups is 1. The Bertz CT molecular complexity index is 368. The van der Waals surface area contributed by atoms with Crippen LogP contribution in [0, 0.1) is 0 Å². The van der Waals surface area contributed by atoms with Crippen molar-refractivity contribution >= 4 is 0 Å². The molecule has 0 spiro atoms. The highest BCUT2D eigenvalue weighted by Gasteiger charge is 2.11. The van der Waals surface area contributed by atoms with Gasteiger partial charge >= 0.3 is 0 Å². The lowest BCUT2D eigenvalue weighted by atomic mass is 10.1. The second kappa shape index (κ2) is 8.77. The van der Waals surface area contributed by atoms with Crippen LogP contribution in [0.1, 0.15) is 38.9 Å². The van der Waals surface area contributed by atoms with Gasteiger partial charge < -0.3 is 19.9 Å². The highest BCUT2D eigenvalue weighted by atomic mass is 16.5. The number of rotatable bonds is 9. The summed E-state index contributed by atoms with van der Waals surface area (Å²) in [4.78, 5) is 0. The molecule has 0 aliphatic heterocycles. The molecule has 4 heteroatoms. The lowest BCUT2D eigenvalue weighted by Gasteiger charge is -2.16. The van der Waals surface area contributed by atoms with Crippen molar-refractivity contribution in [1.29, 1.82) is 0 Å². The fourth-order valence-electron chi connectivity index (χ4n) is 1.81. The molecule has 1 rings (SSSR count). The van der Waals surface area contributed by atoms with E-state index >= 15 is 0 Å². The fraction of sp³-hybridized carbons (Fsp3) is 0.600. The first-order chi connectivity index (χ1) is 9.22. The van der Waals surface area contributed by atoms with E-state index in [1.54, 1.807) is 0 Å². The number of aliphatic hydroxyl groups excluding tert-OH is 1. The molecule has 19 heavy (non-hydrogen) atoms. The molecule has 0 saturated carbocycles. The third-order valence-electron chi connectivity index (χ3n) is 2.72. The Morgan fingerprint density at radius 1 is 1.11 bits per heavy atom. The summed E-state index contributed by atoms with van der Waals surface area (Å²) in [5.41, 5.74) is 0.843. The zero-order valence-corrected chi connectivity index (χ0v) is 12.1. The first kappa shape index (κ1) is 15.8. The van der Waals surface area contributed by atoms with E-state index in [1.807, 2.05) is 32.0 Å². The van der Waals surface area contributed by atoms with E-state index < -0.39 is 6.10 Å². The summed E-state index contributed by atoms with van der Waals surface area (Å²) < 4.78 is 11.1. The molecule has 0 aliphatic rings. The smallest absolute Gasteiger partial charge is 0.161 e. The minimum absolute atomic E-state index is 0.526. The fourth-order valence-corrected chi connectivity index (χ4v) is 1.81. The standard InChI is InChI=1S/C15H25NO3/c1-4-9-16-11-13(17)12-7-8-14(18-5-2)15(10-12)19-6-3/h7-8,10,13,16-17H,4-6,9,11H2,1-3H3. The maximum atomic E-state index is 10.1. The van der Waals surface area contributed by atoms with Crippen molar-refractivity contribution in [2.24, 2.45) is 0 Å². The van der Waals surface area contributed by atoms with Crippen LogP contribution in [-0.2, 0) is 0 Å². The van der Waals surface area contributed by atoms with Crippen LogP contribution < -0.4 is 14.8 Å². The van der Waals surface area contributed by atoms with Crippen molar-refractivity contribution in [3.63, 3.8) is 0 Å². The molecule has 0 bridgehead atoms. The van der Waals surface area contributed by atoms with Crippen molar-refractivity contribution in [3.8, 4) is 11.5 Å². The molecule has 0 fully saturated rings. The van der Waals surface area contributed by atoms with Gasteiger partial charge in [0.25, 0.3) is 0 Å². The molecule has 0 radical (unpaired) electrons. The Labute approximate surface area is 115 Å². The van der Waals surface area contributed by atoms with E-state index in [9.17, 15) is 5.11 Å². The Kier molecular flexibility index (Phi) is 7.30. The van der Waals surface area contributed by atoms with Gasteiger partial charge in [0.1, 0.15) is 0 Å². The Morgan fingerprint density at radius 2 is 1.79 bits per heavy atom. The van der Waals surface area contributed by atoms with Crippen LogP contribution in [0.3, 0.4) is 0 Å². The van der Waals surface area contributed by atoms with Crippen LogP contribution in [0.2, 0.25) is 0 Å². The molecule has 0 aliphatic carbocycles. The molecule has 0 heterocycles. The van der Waals surface area contributed by atoms with Crippen LogP contribution in [0.25, 0.3) is 0 Å². The molecule has 4 nitrogen and oxygen atoms in total. The monoisotopic (exact) mass is 267 g/mol.